The molecule has 2 aliphatic rings. The second kappa shape index (κ2) is 9.73. The summed E-state index contributed by atoms with van der Waals surface area (Å²) in [7, 11) is -3.26. The molecule has 2 N–H and O–H groups in total. The summed E-state index contributed by atoms with van der Waals surface area (Å²) in [6.07, 6.45) is 10.2. The minimum Gasteiger partial charge on any atom is -0.357 e. The van der Waals surface area contributed by atoms with Crippen molar-refractivity contribution in [3.8, 4) is 0 Å². The molecule has 1 saturated heterocycles. The molecule has 0 aromatic carbocycles. The van der Waals surface area contributed by atoms with Crippen molar-refractivity contribution < 1.29 is 8.42 Å². The number of likely N-dealkylation sites (tertiary alicyclic amines) is 1. The summed E-state index contributed by atoms with van der Waals surface area (Å²) in [6.45, 7) is 7.67. The molecule has 1 aliphatic carbocycles. The molecule has 0 spiro atoms. The molecule has 0 radical (unpaired) electrons. The third-order valence-corrected chi connectivity index (χ3v) is 7.23. The highest BCUT2D eigenvalue weighted by molar-refractivity contribution is 7.89. The third kappa shape index (κ3) is 5.70. The first kappa shape index (κ1) is 21.1. The molecule has 8 nitrogen and oxygen atoms in total. The van der Waals surface area contributed by atoms with Gasteiger partial charge in [-0.3, -0.25) is 4.99 Å². The number of aromatic nitrogens is 2. The van der Waals surface area contributed by atoms with Crippen LogP contribution in [0.25, 0.3) is 0 Å². The van der Waals surface area contributed by atoms with Gasteiger partial charge in [0.15, 0.2) is 5.96 Å². The lowest BCUT2D eigenvalue weighted by atomic mass is 9.86. The Labute approximate surface area is 168 Å². The molecule has 2 fully saturated rings. The van der Waals surface area contributed by atoms with Crippen LogP contribution in [-0.4, -0.2) is 67.3 Å². The Morgan fingerprint density at radius 3 is 2.79 bits per heavy atom. The molecule has 1 aromatic rings. The van der Waals surface area contributed by atoms with Crippen LogP contribution in [-0.2, 0) is 10.0 Å². The number of aliphatic imine (C=N–C) groups is 1. The van der Waals surface area contributed by atoms with Gasteiger partial charge < -0.3 is 14.8 Å². The number of rotatable bonds is 8. The molecule has 0 bridgehead atoms. The van der Waals surface area contributed by atoms with E-state index in [0.717, 1.165) is 44.9 Å². The molecule has 1 aliphatic heterocycles. The van der Waals surface area contributed by atoms with E-state index in [2.05, 4.69) is 36.4 Å². The second-order valence-electron chi connectivity index (χ2n) is 7.99. The van der Waals surface area contributed by atoms with Crippen LogP contribution < -0.4 is 10.0 Å². The van der Waals surface area contributed by atoms with Gasteiger partial charge in [0.25, 0.3) is 0 Å². The summed E-state index contributed by atoms with van der Waals surface area (Å²) in [6, 6.07) is 0.341. The maximum Gasteiger partial charge on any atom is 0.213 e. The van der Waals surface area contributed by atoms with Gasteiger partial charge in [0.1, 0.15) is 0 Å². The highest BCUT2D eigenvalue weighted by Crippen LogP contribution is 2.27. The minimum atomic E-state index is -3.26. The lowest BCUT2D eigenvalue weighted by Crippen LogP contribution is -2.49. The topological polar surface area (TPSA) is 91.6 Å². The first-order valence-electron chi connectivity index (χ1n) is 10.5. The quantitative estimate of drug-likeness (QED) is 0.500. The van der Waals surface area contributed by atoms with Crippen LogP contribution in [0.2, 0.25) is 0 Å². The molecule has 2 heterocycles. The van der Waals surface area contributed by atoms with Crippen molar-refractivity contribution in [2.75, 3.05) is 38.5 Å². The molecular weight excluding hydrogens is 376 g/mol. The Hall–Kier alpha value is -1.61. The van der Waals surface area contributed by atoms with Gasteiger partial charge in [-0.2, -0.15) is 0 Å². The van der Waals surface area contributed by atoms with Crippen molar-refractivity contribution in [1.29, 1.82) is 0 Å². The van der Waals surface area contributed by atoms with Crippen molar-refractivity contribution in [2.45, 2.75) is 45.6 Å². The molecule has 2 unspecified atom stereocenters. The van der Waals surface area contributed by atoms with Crippen molar-refractivity contribution in [3.05, 3.63) is 18.7 Å². The monoisotopic (exact) mass is 410 g/mol. The van der Waals surface area contributed by atoms with E-state index in [4.69, 9.17) is 0 Å². The number of sulfonamides is 1. The van der Waals surface area contributed by atoms with Crippen LogP contribution in [0, 0.1) is 11.8 Å². The van der Waals surface area contributed by atoms with E-state index in [0.29, 0.717) is 24.4 Å². The van der Waals surface area contributed by atoms with Gasteiger partial charge in [-0.1, -0.05) is 13.3 Å². The maximum atomic E-state index is 12.2. The van der Waals surface area contributed by atoms with Gasteiger partial charge in [-0.05, 0) is 38.0 Å². The SMILES string of the molecule is CCNC(=NCCS(=O)(=O)NCC1CCC1)N1CCC(C)C(n2ccnc2)C1. The molecular formula is C19H34N6O2S. The molecule has 1 saturated carbocycles. The maximum absolute atomic E-state index is 12.2. The van der Waals surface area contributed by atoms with Crippen molar-refractivity contribution >= 4 is 16.0 Å². The van der Waals surface area contributed by atoms with Gasteiger partial charge in [-0.25, -0.2) is 18.1 Å². The van der Waals surface area contributed by atoms with Crippen LogP contribution >= 0.6 is 0 Å². The van der Waals surface area contributed by atoms with Gasteiger partial charge in [0.05, 0.1) is 24.7 Å². The van der Waals surface area contributed by atoms with E-state index in [1.807, 2.05) is 25.6 Å². The zero-order valence-electron chi connectivity index (χ0n) is 17.0. The van der Waals surface area contributed by atoms with Crippen LogP contribution in [0.5, 0.6) is 0 Å². The first-order valence-corrected chi connectivity index (χ1v) is 12.1. The summed E-state index contributed by atoms with van der Waals surface area (Å²) in [4.78, 5) is 11.0. The zero-order valence-corrected chi connectivity index (χ0v) is 17.9. The summed E-state index contributed by atoms with van der Waals surface area (Å²) in [5.41, 5.74) is 0. The highest BCUT2D eigenvalue weighted by Gasteiger charge is 2.29. The van der Waals surface area contributed by atoms with Gasteiger partial charge in [0.2, 0.25) is 10.0 Å². The number of hydrogen-bond acceptors (Lipinski definition) is 4. The standard InChI is InChI=1S/C19H34N6O2S/c1-3-21-19(22-9-12-28(26,27)23-13-17-5-4-6-17)24-10-7-16(2)18(14-24)25-11-8-20-15-25/h8,11,15-18,23H,3-7,9-10,12-14H2,1-2H3,(H,21,22). The number of nitrogens with one attached hydrogen (secondary N) is 2. The van der Waals surface area contributed by atoms with E-state index < -0.39 is 10.0 Å². The molecule has 2 atom stereocenters. The number of nitrogens with zero attached hydrogens (tertiary/aromatic N) is 4. The highest BCUT2D eigenvalue weighted by atomic mass is 32.2. The number of piperidine rings is 1. The Balaban J connectivity index is 1.57. The predicted octanol–water partition coefficient (Wildman–Crippen LogP) is 1.45. The lowest BCUT2D eigenvalue weighted by Gasteiger charge is -2.39. The fourth-order valence-corrected chi connectivity index (χ4v) is 4.77. The van der Waals surface area contributed by atoms with E-state index in [1.165, 1.54) is 6.42 Å². The Morgan fingerprint density at radius 1 is 1.32 bits per heavy atom. The number of guanidine groups is 1. The molecule has 3 rings (SSSR count). The predicted molar refractivity (Wildman–Crippen MR) is 112 cm³/mol. The van der Waals surface area contributed by atoms with Crippen LogP contribution in [0.1, 0.15) is 45.6 Å². The van der Waals surface area contributed by atoms with Crippen LogP contribution in [0.4, 0.5) is 0 Å². The van der Waals surface area contributed by atoms with E-state index in [9.17, 15) is 8.42 Å². The van der Waals surface area contributed by atoms with Crippen LogP contribution in [0.3, 0.4) is 0 Å². The third-order valence-electron chi connectivity index (χ3n) is 5.90. The summed E-state index contributed by atoms with van der Waals surface area (Å²) >= 11 is 0. The average Bonchev–Trinajstić information content (AvgIpc) is 3.14. The minimum absolute atomic E-state index is 0.0316. The fourth-order valence-electron chi connectivity index (χ4n) is 3.81. The molecule has 1 aromatic heterocycles. The van der Waals surface area contributed by atoms with Crippen molar-refractivity contribution in [3.63, 3.8) is 0 Å². The van der Waals surface area contributed by atoms with Gasteiger partial charge >= 0.3 is 0 Å². The smallest absolute Gasteiger partial charge is 0.213 e. The van der Waals surface area contributed by atoms with Gasteiger partial charge in [0, 0.05) is 38.6 Å². The summed E-state index contributed by atoms with van der Waals surface area (Å²) in [5.74, 6) is 1.91. The summed E-state index contributed by atoms with van der Waals surface area (Å²) < 4.78 is 29.3. The number of hydrogen-bond donors (Lipinski definition) is 2. The van der Waals surface area contributed by atoms with E-state index in [-0.39, 0.29) is 12.3 Å². The first-order chi connectivity index (χ1) is 13.5. The molecule has 9 heteroatoms. The number of imidazole rings is 1. The van der Waals surface area contributed by atoms with Gasteiger partial charge in [-0.15, -0.1) is 0 Å². The second-order valence-corrected chi connectivity index (χ2v) is 9.92. The van der Waals surface area contributed by atoms with Crippen molar-refractivity contribution in [2.24, 2.45) is 16.8 Å². The summed E-state index contributed by atoms with van der Waals surface area (Å²) in [5, 5.41) is 3.32. The largest absolute Gasteiger partial charge is 0.357 e. The molecule has 28 heavy (non-hydrogen) atoms. The van der Waals surface area contributed by atoms with Crippen LogP contribution in [0.15, 0.2) is 23.7 Å². The zero-order chi connectivity index (χ0) is 20.0. The lowest BCUT2D eigenvalue weighted by molar-refractivity contribution is 0.189. The van der Waals surface area contributed by atoms with Crippen molar-refractivity contribution in [1.82, 2.24) is 24.5 Å². The Morgan fingerprint density at radius 2 is 2.14 bits per heavy atom. The molecule has 158 valence electrons. The normalized spacial score (nSPS) is 24.2. The van der Waals surface area contributed by atoms with E-state index >= 15 is 0 Å². The van der Waals surface area contributed by atoms with E-state index in [1.54, 1.807) is 0 Å². The Kier molecular flexibility index (Phi) is 7.34. The molecule has 0 amide bonds. The Bertz CT molecular complexity index is 730. The average molecular weight is 411 g/mol. The fraction of sp³-hybridized carbons (Fsp3) is 0.789.